The molecule has 0 bridgehead atoms. The number of aliphatic hydroxyl groups excluding tert-OH is 1. The number of carboxylic acid groups (broad SMARTS) is 1. The molecule has 1 rings (SSSR count). The molecule has 1 heterocycles. The number of rotatable bonds is 6. The Hall–Kier alpha value is -1.67. The van der Waals surface area contributed by atoms with Gasteiger partial charge in [0, 0.05) is 24.6 Å². The molecular weight excluding hydrogens is 270 g/mol. The summed E-state index contributed by atoms with van der Waals surface area (Å²) in [7, 11) is 0. The first-order valence-corrected chi connectivity index (χ1v) is 6.57. The van der Waals surface area contributed by atoms with Crippen molar-refractivity contribution < 1.29 is 19.8 Å². The number of nitrogens with one attached hydrogen (secondary N) is 2. The Kier molecular flexibility index (Phi) is 5.25. The van der Waals surface area contributed by atoms with Crippen LogP contribution in [0.2, 0.25) is 0 Å². The molecule has 0 fully saturated rings. The fourth-order valence-corrected chi connectivity index (χ4v) is 2.17. The van der Waals surface area contributed by atoms with Crippen LogP contribution in [0.1, 0.15) is 25.3 Å². The third kappa shape index (κ3) is 4.49. The van der Waals surface area contributed by atoms with E-state index in [2.05, 4.69) is 15.6 Å². The first kappa shape index (κ1) is 15.4. The van der Waals surface area contributed by atoms with E-state index in [-0.39, 0.29) is 13.0 Å². The van der Waals surface area contributed by atoms with Crippen molar-refractivity contribution in [1.29, 1.82) is 0 Å². The lowest BCUT2D eigenvalue weighted by molar-refractivity contribution is -0.139. The number of hydrogen-bond donors (Lipinski definition) is 4. The number of hydrogen-bond acceptors (Lipinski definition) is 5. The molecule has 1 atom stereocenters. The maximum atomic E-state index is 11.8. The minimum atomic E-state index is -1.18. The molecule has 2 amide bonds. The molecule has 0 saturated heterocycles. The van der Waals surface area contributed by atoms with Gasteiger partial charge in [0.25, 0.3) is 0 Å². The van der Waals surface area contributed by atoms with E-state index in [4.69, 9.17) is 10.2 Å². The van der Waals surface area contributed by atoms with E-state index in [1.54, 1.807) is 25.4 Å². The van der Waals surface area contributed by atoms with Crippen molar-refractivity contribution in [3.8, 4) is 0 Å². The van der Waals surface area contributed by atoms with E-state index < -0.39 is 23.6 Å². The van der Waals surface area contributed by atoms with Crippen LogP contribution < -0.4 is 10.6 Å². The fraction of sp³-hybridized carbons (Fsp3) is 0.545. The summed E-state index contributed by atoms with van der Waals surface area (Å²) in [5.74, 6) is -1.18. The van der Waals surface area contributed by atoms with Crippen LogP contribution in [-0.4, -0.2) is 39.8 Å². The van der Waals surface area contributed by atoms with Gasteiger partial charge in [-0.1, -0.05) is 0 Å². The number of carbonyl (C=O) groups excluding carboxylic acids is 1. The monoisotopic (exact) mass is 287 g/mol. The number of aliphatic hydroxyl groups is 1. The molecule has 1 aromatic rings. The first-order valence-electron chi connectivity index (χ1n) is 5.69. The summed E-state index contributed by atoms with van der Waals surface area (Å²) in [5.41, 5.74) is -0.694. The summed E-state index contributed by atoms with van der Waals surface area (Å²) < 4.78 is 0. The van der Waals surface area contributed by atoms with Crippen molar-refractivity contribution in [2.45, 2.75) is 31.8 Å². The predicted molar refractivity (Wildman–Crippen MR) is 69.9 cm³/mol. The van der Waals surface area contributed by atoms with E-state index in [1.807, 2.05) is 0 Å². The van der Waals surface area contributed by atoms with Crippen LogP contribution in [0.5, 0.6) is 0 Å². The third-order valence-electron chi connectivity index (χ3n) is 2.41. The zero-order valence-corrected chi connectivity index (χ0v) is 11.5. The van der Waals surface area contributed by atoms with Gasteiger partial charge in [-0.3, -0.25) is 0 Å². The van der Waals surface area contributed by atoms with E-state index in [9.17, 15) is 9.59 Å². The molecule has 0 unspecified atom stereocenters. The normalized spacial score (nSPS) is 12.8. The molecule has 0 radical (unpaired) electrons. The number of carboxylic acids is 1. The molecule has 0 aromatic carbocycles. The number of amides is 2. The highest BCUT2D eigenvalue weighted by Gasteiger charge is 2.27. The van der Waals surface area contributed by atoms with Crippen LogP contribution in [0.25, 0.3) is 0 Å². The second-order valence-corrected chi connectivity index (χ2v) is 5.36. The molecular formula is C11H17N3O4S. The Morgan fingerprint density at radius 3 is 2.68 bits per heavy atom. The summed E-state index contributed by atoms with van der Waals surface area (Å²) >= 11 is 1.40. The van der Waals surface area contributed by atoms with Gasteiger partial charge in [-0.05, 0) is 13.8 Å². The van der Waals surface area contributed by atoms with Crippen molar-refractivity contribution in [3.05, 3.63) is 16.6 Å². The number of carbonyl (C=O) groups is 2. The Labute approximate surface area is 114 Å². The van der Waals surface area contributed by atoms with E-state index >= 15 is 0 Å². The standard InChI is InChI=1S/C11H17N3O4S/c1-11(2,9-12-4-6-19-9)14-10(18)13-7(3-5-15)8(16)17/h4,6-7,15H,3,5H2,1-2H3,(H,16,17)(H2,13,14,18)/t7-/m1/s1. The molecule has 0 aliphatic rings. The van der Waals surface area contributed by atoms with Crippen molar-refractivity contribution in [2.24, 2.45) is 0 Å². The molecule has 0 spiro atoms. The van der Waals surface area contributed by atoms with Crippen LogP contribution in [0.15, 0.2) is 11.6 Å². The second-order valence-electron chi connectivity index (χ2n) is 4.46. The SMILES string of the molecule is CC(C)(NC(=O)N[C@H](CCO)C(=O)O)c1nccs1. The summed E-state index contributed by atoms with van der Waals surface area (Å²) in [6.45, 7) is 3.23. The van der Waals surface area contributed by atoms with E-state index in [0.29, 0.717) is 0 Å². The molecule has 0 aliphatic heterocycles. The summed E-state index contributed by atoms with van der Waals surface area (Å²) in [6, 6.07) is -1.72. The number of aliphatic carboxylic acids is 1. The fourth-order valence-electron chi connectivity index (χ4n) is 1.45. The highest BCUT2D eigenvalue weighted by atomic mass is 32.1. The van der Waals surface area contributed by atoms with E-state index in [0.717, 1.165) is 5.01 Å². The van der Waals surface area contributed by atoms with Gasteiger partial charge in [0.05, 0.1) is 5.54 Å². The van der Waals surface area contributed by atoms with Gasteiger partial charge in [-0.25, -0.2) is 14.6 Å². The topological polar surface area (TPSA) is 112 Å². The van der Waals surface area contributed by atoms with Crippen LogP contribution >= 0.6 is 11.3 Å². The average molecular weight is 287 g/mol. The maximum Gasteiger partial charge on any atom is 0.326 e. The quantitative estimate of drug-likeness (QED) is 0.609. The van der Waals surface area contributed by atoms with Gasteiger partial charge in [-0.15, -0.1) is 11.3 Å². The first-order chi connectivity index (χ1) is 8.86. The van der Waals surface area contributed by atoms with Gasteiger partial charge in [0.1, 0.15) is 11.0 Å². The van der Waals surface area contributed by atoms with Crippen LogP contribution in [0, 0.1) is 0 Å². The highest BCUT2D eigenvalue weighted by Crippen LogP contribution is 2.21. The minimum Gasteiger partial charge on any atom is -0.480 e. The lowest BCUT2D eigenvalue weighted by Gasteiger charge is -2.25. The number of aromatic nitrogens is 1. The molecule has 7 nitrogen and oxygen atoms in total. The molecule has 106 valence electrons. The Morgan fingerprint density at radius 1 is 1.53 bits per heavy atom. The Bertz CT molecular complexity index is 433. The number of urea groups is 1. The molecule has 1 aromatic heterocycles. The Morgan fingerprint density at radius 2 is 2.21 bits per heavy atom. The van der Waals surface area contributed by atoms with Crippen LogP contribution in [-0.2, 0) is 10.3 Å². The average Bonchev–Trinajstić information content (AvgIpc) is 2.81. The van der Waals surface area contributed by atoms with Crippen molar-refractivity contribution >= 4 is 23.3 Å². The van der Waals surface area contributed by atoms with Crippen molar-refractivity contribution in [1.82, 2.24) is 15.6 Å². The molecule has 8 heteroatoms. The zero-order valence-electron chi connectivity index (χ0n) is 10.7. The molecule has 0 saturated carbocycles. The van der Waals surface area contributed by atoms with Crippen molar-refractivity contribution in [3.63, 3.8) is 0 Å². The van der Waals surface area contributed by atoms with E-state index in [1.165, 1.54) is 11.3 Å². The number of thiazole rings is 1. The van der Waals surface area contributed by atoms with Gasteiger partial charge in [-0.2, -0.15) is 0 Å². The van der Waals surface area contributed by atoms with Gasteiger partial charge < -0.3 is 20.8 Å². The van der Waals surface area contributed by atoms with Crippen molar-refractivity contribution in [2.75, 3.05) is 6.61 Å². The highest BCUT2D eigenvalue weighted by molar-refractivity contribution is 7.09. The molecule has 19 heavy (non-hydrogen) atoms. The smallest absolute Gasteiger partial charge is 0.326 e. The molecule has 0 aliphatic carbocycles. The van der Waals surface area contributed by atoms with Crippen LogP contribution in [0.4, 0.5) is 4.79 Å². The van der Waals surface area contributed by atoms with Gasteiger partial charge >= 0.3 is 12.0 Å². The minimum absolute atomic E-state index is 0.0412. The summed E-state index contributed by atoms with van der Waals surface area (Å²) in [4.78, 5) is 26.7. The summed E-state index contributed by atoms with van der Waals surface area (Å²) in [5, 5.41) is 25.1. The van der Waals surface area contributed by atoms with Crippen LogP contribution in [0.3, 0.4) is 0 Å². The zero-order chi connectivity index (χ0) is 14.5. The summed E-state index contributed by atoms with van der Waals surface area (Å²) in [6.07, 6.45) is 1.59. The lowest BCUT2D eigenvalue weighted by atomic mass is 10.1. The number of nitrogens with zero attached hydrogens (tertiary/aromatic N) is 1. The van der Waals surface area contributed by atoms with Gasteiger partial charge in [0.2, 0.25) is 0 Å². The molecule has 4 N–H and O–H groups in total. The Balaban J connectivity index is 2.61. The third-order valence-corrected chi connectivity index (χ3v) is 3.51. The van der Waals surface area contributed by atoms with Gasteiger partial charge in [0.15, 0.2) is 0 Å². The predicted octanol–water partition coefficient (Wildman–Crippen LogP) is 0.513. The maximum absolute atomic E-state index is 11.8. The lowest BCUT2D eigenvalue weighted by Crippen LogP contribution is -2.51. The second kappa shape index (κ2) is 6.48. The largest absolute Gasteiger partial charge is 0.480 e.